The van der Waals surface area contributed by atoms with Crippen molar-refractivity contribution in [2.45, 2.75) is 42.2 Å². The molecule has 9 rings (SSSR count). The van der Waals surface area contributed by atoms with E-state index < -0.39 is 160 Å². The van der Waals surface area contributed by atoms with E-state index in [4.69, 9.17) is 32.4 Å². The number of anilines is 9. The maximum absolute atomic E-state index is 14.5. The first-order valence-electron chi connectivity index (χ1n) is 23.2. The number of halogens is 4. The van der Waals surface area contributed by atoms with E-state index >= 15 is 0 Å². The van der Waals surface area contributed by atoms with Crippen LogP contribution >= 0.6 is 23.2 Å². The quantitative estimate of drug-likeness (QED) is 0.0213. The van der Waals surface area contributed by atoms with Gasteiger partial charge in [-0.2, -0.15) is 89.2 Å². The van der Waals surface area contributed by atoms with Crippen LogP contribution in [-0.4, -0.2) is 316 Å². The third kappa shape index (κ3) is 20.1. The molecule has 0 bridgehead atoms. The summed E-state index contributed by atoms with van der Waals surface area (Å²) in [7, 11) is -30.2. The standard InChI is InChI=1S/C42H34Cl2F2N14O20S6.6Na/c43-27-30-34(80-32-20(52-30)6-8-22(36(32)86(76,77)78)48-12-2-14-50-40-56-38(46)58-42(60-40)54-24-16-18(82(64,65)66)4-10-26(24)84(70,71)72)28(44)29-33(27)79-31-19(51-29)5-7-21(35(31)85(73,74)75)47-11-1-13-49-39-55-37(45)57-41(59-39)53-23-15-17(81(61,62)63)3-9-25(23)83(67,68)69;;;;;;/h3-10,15-16,47,51H,1-2,11-14H2,(H,61,62,63)(H,64,65,66)(H,67,68,69)(H,70,71,72)(H,73,74,75)(H,76,77,78)(H2,49,53,55,57,59)(H2,50,54,56,58,60);;;;;;. The average Bonchev–Trinajstić information content (AvgIpc) is 0.755. The Hall–Kier alpha value is -1.98. The SMILES string of the molecule is O=S(=O)(O)c1ccc(S(=O)(=O)O)c(Nc2nc(F)nc(NCCCN=c3ccc4nc5c(Cl)c6c(c(Cl)c5oc-4c3S(=O)(=O)O)Nc3ccc(NCCCNc4nc(F)nc(Nc5cc(S(=O)(=O)O)ccc5S(=O)(=O)O)n4)c(S(=O)(=O)O)c3O6)n2)c1.[Na].[Na].[Na].[Na].[Na].[Na]. The minimum Gasteiger partial charge on any atom is -0.450 e. The summed E-state index contributed by atoms with van der Waals surface area (Å²) in [6.07, 6.45) is -2.76. The minimum absolute atomic E-state index is 0. The van der Waals surface area contributed by atoms with Crippen LogP contribution < -0.4 is 42.0 Å². The van der Waals surface area contributed by atoms with Crippen molar-refractivity contribution in [3.05, 3.63) is 88.2 Å². The van der Waals surface area contributed by atoms with Crippen molar-refractivity contribution in [2.75, 3.05) is 58.1 Å². The number of fused-ring (bicyclic) bond motifs is 4. The Morgan fingerprint density at radius 1 is 0.500 bits per heavy atom. The molecule has 0 amide bonds. The zero-order valence-corrected chi connectivity index (χ0v) is 66.4. The fourth-order valence-electron chi connectivity index (χ4n) is 7.94. The van der Waals surface area contributed by atoms with Crippen molar-refractivity contribution in [2.24, 2.45) is 4.99 Å². The van der Waals surface area contributed by atoms with Crippen LogP contribution in [0.2, 0.25) is 10.0 Å². The van der Waals surface area contributed by atoms with Crippen molar-refractivity contribution in [3.63, 3.8) is 0 Å². The molecule has 0 spiro atoms. The van der Waals surface area contributed by atoms with E-state index in [1.165, 1.54) is 18.2 Å². The molecule has 2 aliphatic heterocycles. The third-order valence-corrected chi connectivity index (χ3v) is 17.5. The fourth-order valence-corrected chi connectivity index (χ4v) is 12.3. The molecule has 0 saturated heterocycles. The molecule has 4 heterocycles. The summed E-state index contributed by atoms with van der Waals surface area (Å²) in [5, 5.41) is 14.3. The topological polar surface area (TPSA) is 523 Å². The number of rotatable bonds is 21. The number of ether oxygens (including phenoxy) is 1. The van der Waals surface area contributed by atoms with Gasteiger partial charge < -0.3 is 41.1 Å². The molecule has 0 fully saturated rings. The largest absolute Gasteiger partial charge is 0.450 e. The van der Waals surface area contributed by atoms with E-state index in [9.17, 15) is 86.6 Å². The van der Waals surface area contributed by atoms with E-state index in [0.717, 1.165) is 6.07 Å². The van der Waals surface area contributed by atoms with Crippen LogP contribution in [0.5, 0.6) is 11.5 Å². The van der Waals surface area contributed by atoms with Gasteiger partial charge >= 0.3 is 22.3 Å². The number of aromatic nitrogens is 7. The summed E-state index contributed by atoms with van der Waals surface area (Å²) < 4.78 is 246. The van der Waals surface area contributed by atoms with Gasteiger partial charge in [-0.15, -0.1) is 0 Å². The van der Waals surface area contributed by atoms with Crippen LogP contribution in [0.3, 0.4) is 0 Å². The average molecular weight is 1490 g/mol. The Morgan fingerprint density at radius 2 is 0.978 bits per heavy atom. The molecule has 2 aromatic heterocycles. The van der Waals surface area contributed by atoms with Gasteiger partial charge in [-0.05, 0) is 73.5 Å². The molecular formula is C42H34Cl2F2N14Na6O20S6. The second-order valence-corrected chi connectivity index (χ2v) is 26.4. The van der Waals surface area contributed by atoms with Crippen molar-refractivity contribution in [1.29, 1.82) is 0 Å². The number of hydrogen-bond donors (Lipinski definition) is 12. The molecular weight excluding hydrogens is 1460 g/mol. The van der Waals surface area contributed by atoms with Gasteiger partial charge in [0.2, 0.25) is 23.8 Å². The first kappa shape index (κ1) is 84.2. The summed E-state index contributed by atoms with van der Waals surface area (Å²) in [5.41, 5.74) is -2.80. The number of hydrogen-bond acceptors (Lipinski definition) is 28. The Morgan fingerprint density at radius 3 is 1.46 bits per heavy atom. The molecule has 0 atom stereocenters. The zero-order valence-electron chi connectivity index (χ0n) is 48.0. The summed E-state index contributed by atoms with van der Waals surface area (Å²) in [6.45, 7) is -0.522. The molecule has 6 radical (unpaired) electrons. The molecule has 12 N–H and O–H groups in total. The van der Waals surface area contributed by atoms with Crippen LogP contribution in [0, 0.1) is 12.2 Å². The van der Waals surface area contributed by atoms with Crippen LogP contribution in [0.25, 0.3) is 22.6 Å². The van der Waals surface area contributed by atoms with Crippen LogP contribution in [0.15, 0.2) is 99.4 Å². The second kappa shape index (κ2) is 33.3. The van der Waals surface area contributed by atoms with Gasteiger partial charge in [0.05, 0.1) is 37.9 Å². The molecule has 50 heteroatoms. The fraction of sp³-hybridized carbons (Fsp3) is 0.143. The smallest absolute Gasteiger partial charge is 0.315 e. The predicted octanol–water partition coefficient (Wildman–Crippen LogP) is 2.74. The van der Waals surface area contributed by atoms with Gasteiger partial charge in [-0.3, -0.25) is 32.3 Å². The summed E-state index contributed by atoms with van der Waals surface area (Å²) in [4.78, 5) is 24.9. The predicted molar refractivity (Wildman–Crippen MR) is 328 cm³/mol. The monoisotopic (exact) mass is 1490 g/mol. The van der Waals surface area contributed by atoms with Gasteiger partial charge in [-0.25, -0.2) is 4.98 Å². The van der Waals surface area contributed by atoms with E-state index in [1.54, 1.807) is 0 Å². The normalized spacial score (nSPS) is 12.3. The molecule has 6 aromatic rings. The Labute approximate surface area is 661 Å². The van der Waals surface area contributed by atoms with Gasteiger partial charge in [0.1, 0.15) is 36.7 Å². The Kier molecular flexibility index (Phi) is 30.4. The minimum atomic E-state index is -5.21. The van der Waals surface area contributed by atoms with Gasteiger partial charge in [0, 0.05) is 204 Å². The molecule has 92 heavy (non-hydrogen) atoms. The van der Waals surface area contributed by atoms with Crippen LogP contribution in [-0.2, 0) is 60.7 Å². The van der Waals surface area contributed by atoms with Crippen molar-refractivity contribution in [1.82, 2.24) is 34.9 Å². The van der Waals surface area contributed by atoms with Gasteiger partial charge in [0.15, 0.2) is 32.6 Å². The summed E-state index contributed by atoms with van der Waals surface area (Å²) >= 11 is 13.6. The number of nitrogens with one attached hydrogen (secondary N) is 6. The first-order valence-corrected chi connectivity index (χ1v) is 32.6. The van der Waals surface area contributed by atoms with Gasteiger partial charge in [0.25, 0.3) is 50.6 Å². The maximum Gasteiger partial charge on any atom is 0.315 e. The molecule has 462 valence electrons. The van der Waals surface area contributed by atoms with Crippen molar-refractivity contribution >= 4 is 325 Å². The van der Waals surface area contributed by atoms with Crippen molar-refractivity contribution < 1.29 is 95.8 Å². The summed E-state index contributed by atoms with van der Waals surface area (Å²) in [5.74, 6) is -3.73. The molecule has 1 aliphatic carbocycles. The maximum atomic E-state index is 14.5. The molecule has 3 aliphatic rings. The van der Waals surface area contributed by atoms with Crippen LogP contribution in [0.4, 0.5) is 61.0 Å². The molecule has 0 saturated carbocycles. The number of benzene rings is 5. The van der Waals surface area contributed by atoms with Crippen molar-refractivity contribution in [3.8, 4) is 23.0 Å². The van der Waals surface area contributed by atoms with E-state index in [0.29, 0.717) is 36.4 Å². The zero-order chi connectivity index (χ0) is 62.6. The molecule has 0 unspecified atom stereocenters. The summed E-state index contributed by atoms with van der Waals surface area (Å²) in [6, 6.07) is 8.72. The van der Waals surface area contributed by atoms with Crippen LogP contribution in [0.1, 0.15) is 12.8 Å². The number of nitrogens with zero attached hydrogens (tertiary/aromatic N) is 8. The van der Waals surface area contributed by atoms with E-state index in [2.05, 4.69) is 71.8 Å². The van der Waals surface area contributed by atoms with E-state index in [-0.39, 0.29) is 261 Å². The first-order chi connectivity index (χ1) is 40.0. The molecule has 4 aromatic carbocycles. The molecule has 34 nitrogen and oxygen atoms in total. The Balaban J connectivity index is 0.00000368. The second-order valence-electron chi connectivity index (χ2n) is 17.3. The third-order valence-electron chi connectivity index (χ3n) is 11.5. The van der Waals surface area contributed by atoms with Gasteiger partial charge in [-0.1, -0.05) is 23.2 Å². The van der Waals surface area contributed by atoms with E-state index in [1.807, 2.05) is 0 Å². The Bertz CT molecular complexity index is 4940.